The van der Waals surface area contributed by atoms with Crippen molar-refractivity contribution in [2.24, 2.45) is 0 Å². The largest absolute Gasteiger partial charge is 0.462 e. The normalized spacial score (nSPS) is 12.6. The van der Waals surface area contributed by atoms with E-state index in [9.17, 15) is 14.4 Å². The summed E-state index contributed by atoms with van der Waals surface area (Å²) in [6.07, 6.45) is 65.9. The van der Waals surface area contributed by atoms with E-state index in [-0.39, 0.29) is 31.1 Å². The first-order valence-electron chi connectivity index (χ1n) is 27.0. The highest BCUT2D eigenvalue weighted by atomic mass is 16.6. The molecular formula is C58H100O6. The molecule has 0 aromatic heterocycles. The van der Waals surface area contributed by atoms with Gasteiger partial charge in [0.25, 0.3) is 0 Å². The minimum absolute atomic E-state index is 0.0864. The highest BCUT2D eigenvalue weighted by molar-refractivity contribution is 5.71. The zero-order valence-corrected chi connectivity index (χ0v) is 42.0. The predicted octanol–water partition coefficient (Wildman–Crippen LogP) is 17.8. The number of hydrogen-bond donors (Lipinski definition) is 0. The smallest absolute Gasteiger partial charge is 0.306 e. The molecule has 0 aliphatic carbocycles. The van der Waals surface area contributed by atoms with Gasteiger partial charge in [0.2, 0.25) is 0 Å². The van der Waals surface area contributed by atoms with Gasteiger partial charge in [-0.25, -0.2) is 0 Å². The third-order valence-electron chi connectivity index (χ3n) is 11.6. The Balaban J connectivity index is 4.44. The van der Waals surface area contributed by atoms with Crippen molar-refractivity contribution in [2.75, 3.05) is 13.2 Å². The predicted molar refractivity (Wildman–Crippen MR) is 274 cm³/mol. The highest BCUT2D eigenvalue weighted by Gasteiger charge is 2.19. The van der Waals surface area contributed by atoms with Crippen LogP contribution in [-0.4, -0.2) is 37.2 Å². The van der Waals surface area contributed by atoms with Crippen LogP contribution in [0.3, 0.4) is 0 Å². The van der Waals surface area contributed by atoms with Crippen molar-refractivity contribution < 1.29 is 28.6 Å². The van der Waals surface area contributed by atoms with Gasteiger partial charge in [-0.2, -0.15) is 0 Å². The number of ether oxygens (including phenoxy) is 3. The molecule has 0 amide bonds. The Hall–Kier alpha value is -3.15. The molecule has 0 aromatic rings. The summed E-state index contributed by atoms with van der Waals surface area (Å²) >= 11 is 0. The molecule has 0 aliphatic heterocycles. The molecule has 0 N–H and O–H groups in total. The molecule has 6 heteroatoms. The summed E-state index contributed by atoms with van der Waals surface area (Å²) in [6, 6.07) is 0. The maximum Gasteiger partial charge on any atom is 0.306 e. The second kappa shape index (κ2) is 52.5. The average Bonchev–Trinajstić information content (AvgIpc) is 3.29. The summed E-state index contributed by atoms with van der Waals surface area (Å²) in [4.78, 5) is 38.0. The standard InChI is InChI=1S/C58H100O6/c1-4-7-10-13-16-19-22-25-27-28-29-31-33-36-39-42-45-48-51-57(60)63-54-55(53-62-56(59)50-47-44-41-38-35-32-24-21-18-15-12-9-6-3)64-58(61)52-49-46-43-40-37-34-30-26-23-20-17-14-11-8-5-2/h16-17,19-20,22-23,25-29,31,55H,4-15,18,21,24,30,32-54H2,1-3H3/b19-16-,20-17-,25-22-,26-23-,28-27-,31-29-. The monoisotopic (exact) mass is 893 g/mol. The van der Waals surface area contributed by atoms with Crippen LogP contribution in [0.2, 0.25) is 0 Å². The molecule has 0 radical (unpaired) electrons. The number of hydrogen-bond acceptors (Lipinski definition) is 6. The Morgan fingerprint density at radius 1 is 0.312 bits per heavy atom. The lowest BCUT2D eigenvalue weighted by molar-refractivity contribution is -0.167. The zero-order chi connectivity index (χ0) is 46.5. The molecule has 1 atom stereocenters. The van der Waals surface area contributed by atoms with Gasteiger partial charge in [-0.05, 0) is 70.6 Å². The molecule has 368 valence electrons. The summed E-state index contributed by atoms with van der Waals surface area (Å²) < 4.78 is 16.8. The minimum Gasteiger partial charge on any atom is -0.462 e. The SMILES string of the molecule is CCCCC\C=C/C=C\C=C/C=C\CCCCCCCC(=O)OCC(COC(=O)CCCCCCCCCCCCCCC)OC(=O)CCCCCCCC/C=C\C=C/CCCCC. The molecule has 0 aliphatic rings. The molecule has 0 fully saturated rings. The van der Waals surface area contributed by atoms with Crippen LogP contribution < -0.4 is 0 Å². The van der Waals surface area contributed by atoms with E-state index in [1.54, 1.807) is 0 Å². The van der Waals surface area contributed by atoms with Gasteiger partial charge in [0.1, 0.15) is 13.2 Å². The Morgan fingerprint density at radius 3 is 0.922 bits per heavy atom. The van der Waals surface area contributed by atoms with Crippen LogP contribution in [0.15, 0.2) is 72.9 Å². The fourth-order valence-electron chi connectivity index (χ4n) is 7.44. The van der Waals surface area contributed by atoms with Gasteiger partial charge in [0.05, 0.1) is 0 Å². The van der Waals surface area contributed by atoms with Gasteiger partial charge in [-0.1, -0.05) is 241 Å². The topological polar surface area (TPSA) is 78.9 Å². The fourth-order valence-corrected chi connectivity index (χ4v) is 7.44. The lowest BCUT2D eigenvalue weighted by Gasteiger charge is -2.18. The van der Waals surface area contributed by atoms with Gasteiger partial charge in [0, 0.05) is 19.3 Å². The number of carbonyl (C=O) groups is 3. The second-order valence-corrected chi connectivity index (χ2v) is 17.9. The van der Waals surface area contributed by atoms with E-state index in [1.807, 2.05) is 0 Å². The van der Waals surface area contributed by atoms with Crippen molar-refractivity contribution in [2.45, 2.75) is 264 Å². The molecular weight excluding hydrogens is 793 g/mol. The van der Waals surface area contributed by atoms with Crippen LogP contribution in [-0.2, 0) is 28.6 Å². The number of unbranched alkanes of at least 4 members (excludes halogenated alkanes) is 29. The summed E-state index contributed by atoms with van der Waals surface area (Å²) in [6.45, 7) is 6.55. The molecule has 1 unspecified atom stereocenters. The lowest BCUT2D eigenvalue weighted by atomic mass is 10.0. The molecule has 0 heterocycles. The van der Waals surface area contributed by atoms with Gasteiger partial charge in [-0.15, -0.1) is 0 Å². The van der Waals surface area contributed by atoms with E-state index in [2.05, 4.69) is 93.7 Å². The second-order valence-electron chi connectivity index (χ2n) is 17.9. The van der Waals surface area contributed by atoms with E-state index in [4.69, 9.17) is 14.2 Å². The quantitative estimate of drug-likeness (QED) is 0.0262. The molecule has 0 spiro atoms. The lowest BCUT2D eigenvalue weighted by Crippen LogP contribution is -2.30. The molecule has 0 bridgehead atoms. The number of carbonyl (C=O) groups excluding carboxylic acids is 3. The fraction of sp³-hybridized carbons (Fsp3) is 0.741. The molecule has 6 nitrogen and oxygen atoms in total. The average molecular weight is 893 g/mol. The third-order valence-corrected chi connectivity index (χ3v) is 11.6. The molecule has 0 saturated heterocycles. The van der Waals surface area contributed by atoms with Crippen LogP contribution in [0, 0.1) is 0 Å². The Morgan fingerprint density at radius 2 is 0.562 bits per heavy atom. The van der Waals surface area contributed by atoms with Gasteiger partial charge in [-0.3, -0.25) is 14.4 Å². The van der Waals surface area contributed by atoms with Gasteiger partial charge < -0.3 is 14.2 Å². The Labute approximate surface area is 395 Å². The first-order chi connectivity index (χ1) is 31.5. The minimum atomic E-state index is -0.789. The van der Waals surface area contributed by atoms with Crippen LogP contribution in [0.4, 0.5) is 0 Å². The maximum absolute atomic E-state index is 12.8. The van der Waals surface area contributed by atoms with E-state index < -0.39 is 6.10 Å². The van der Waals surface area contributed by atoms with Gasteiger partial charge in [0.15, 0.2) is 6.10 Å². The van der Waals surface area contributed by atoms with Crippen LogP contribution in [0.1, 0.15) is 258 Å². The van der Waals surface area contributed by atoms with Crippen molar-refractivity contribution in [3.8, 4) is 0 Å². The van der Waals surface area contributed by atoms with Gasteiger partial charge >= 0.3 is 17.9 Å². The summed E-state index contributed by atoms with van der Waals surface area (Å²) in [5.41, 5.74) is 0. The van der Waals surface area contributed by atoms with Crippen molar-refractivity contribution >= 4 is 17.9 Å². The van der Waals surface area contributed by atoms with E-state index in [1.165, 1.54) is 122 Å². The molecule has 0 saturated carbocycles. The highest BCUT2D eigenvalue weighted by Crippen LogP contribution is 2.15. The van der Waals surface area contributed by atoms with E-state index in [0.717, 1.165) is 96.3 Å². The first kappa shape index (κ1) is 60.9. The van der Waals surface area contributed by atoms with Crippen LogP contribution >= 0.6 is 0 Å². The van der Waals surface area contributed by atoms with Crippen molar-refractivity contribution in [3.05, 3.63) is 72.9 Å². The maximum atomic E-state index is 12.8. The number of allylic oxidation sites excluding steroid dienone is 12. The van der Waals surface area contributed by atoms with Crippen molar-refractivity contribution in [1.82, 2.24) is 0 Å². The van der Waals surface area contributed by atoms with Crippen molar-refractivity contribution in [1.29, 1.82) is 0 Å². The summed E-state index contributed by atoms with van der Waals surface area (Å²) in [7, 11) is 0. The van der Waals surface area contributed by atoms with E-state index in [0.29, 0.717) is 19.3 Å². The number of rotatable bonds is 48. The van der Waals surface area contributed by atoms with Crippen molar-refractivity contribution in [3.63, 3.8) is 0 Å². The molecule has 0 rings (SSSR count). The first-order valence-corrected chi connectivity index (χ1v) is 27.0. The molecule has 0 aromatic carbocycles. The van der Waals surface area contributed by atoms with E-state index >= 15 is 0 Å². The summed E-state index contributed by atoms with van der Waals surface area (Å²) in [5.74, 6) is -0.917. The Bertz CT molecular complexity index is 1210. The van der Waals surface area contributed by atoms with Crippen LogP contribution in [0.5, 0.6) is 0 Å². The third kappa shape index (κ3) is 49.9. The number of esters is 3. The molecule has 64 heavy (non-hydrogen) atoms. The summed E-state index contributed by atoms with van der Waals surface area (Å²) in [5, 5.41) is 0. The zero-order valence-electron chi connectivity index (χ0n) is 42.0. The Kier molecular flexibility index (Phi) is 49.9. The van der Waals surface area contributed by atoms with Crippen LogP contribution in [0.25, 0.3) is 0 Å².